The molecule has 1 amide bonds. The summed E-state index contributed by atoms with van der Waals surface area (Å²) in [6.45, 7) is 2.21. The third-order valence-corrected chi connectivity index (χ3v) is 3.15. The average Bonchev–Trinajstić information content (AvgIpc) is 3.07. The summed E-state index contributed by atoms with van der Waals surface area (Å²) in [5.41, 5.74) is 2.10. The maximum Gasteiger partial charge on any atom is 0.270 e. The first-order chi connectivity index (χ1) is 10.7. The van der Waals surface area contributed by atoms with Gasteiger partial charge in [0, 0.05) is 36.4 Å². The van der Waals surface area contributed by atoms with Crippen LogP contribution in [0.5, 0.6) is 0 Å². The van der Waals surface area contributed by atoms with E-state index in [0.717, 1.165) is 11.3 Å². The van der Waals surface area contributed by atoms with E-state index in [4.69, 9.17) is 0 Å². The summed E-state index contributed by atoms with van der Waals surface area (Å²) in [5, 5.41) is 7.04. The number of hydrogen-bond donors (Lipinski definition) is 1. The van der Waals surface area contributed by atoms with Gasteiger partial charge in [-0.15, -0.1) is 0 Å². The van der Waals surface area contributed by atoms with Crippen LogP contribution in [0.25, 0.3) is 5.82 Å². The van der Waals surface area contributed by atoms with Gasteiger partial charge in [-0.25, -0.2) is 14.6 Å². The largest absolute Gasteiger partial charge is 0.346 e. The number of amides is 1. The molecule has 22 heavy (non-hydrogen) atoms. The average molecular weight is 293 g/mol. The molecule has 1 N–H and O–H groups in total. The highest BCUT2D eigenvalue weighted by Gasteiger charge is 2.10. The number of rotatable bonds is 4. The van der Waals surface area contributed by atoms with Gasteiger partial charge in [0.15, 0.2) is 5.82 Å². The molecule has 3 aromatic heterocycles. The van der Waals surface area contributed by atoms with Crippen LogP contribution < -0.4 is 5.32 Å². The first kappa shape index (κ1) is 13.9. The second kappa shape index (κ2) is 6.17. The molecule has 3 rings (SSSR count). The summed E-state index contributed by atoms with van der Waals surface area (Å²) in [6.07, 6.45) is 5.20. The highest BCUT2D eigenvalue weighted by atomic mass is 16.1. The van der Waals surface area contributed by atoms with Gasteiger partial charge in [0.1, 0.15) is 5.69 Å². The fraction of sp³-hybridized carbons (Fsp3) is 0.125. The van der Waals surface area contributed by atoms with Crippen LogP contribution in [0, 0.1) is 6.92 Å². The zero-order chi connectivity index (χ0) is 15.4. The van der Waals surface area contributed by atoms with Crippen molar-refractivity contribution < 1.29 is 4.79 Å². The molecule has 0 saturated carbocycles. The summed E-state index contributed by atoms with van der Waals surface area (Å²) in [6, 6.07) is 10.9. The maximum atomic E-state index is 12.2. The lowest BCUT2D eigenvalue weighted by Gasteiger charge is -2.09. The Labute approximate surface area is 127 Å². The first-order valence-corrected chi connectivity index (χ1v) is 6.90. The van der Waals surface area contributed by atoms with Crippen LogP contribution in [0.3, 0.4) is 0 Å². The Balaban J connectivity index is 1.76. The van der Waals surface area contributed by atoms with Crippen LogP contribution in [0.2, 0.25) is 0 Å². The van der Waals surface area contributed by atoms with Gasteiger partial charge < -0.3 is 5.32 Å². The van der Waals surface area contributed by atoms with Crippen molar-refractivity contribution in [1.29, 1.82) is 0 Å². The number of nitrogens with one attached hydrogen (secondary N) is 1. The number of pyridine rings is 2. The topological polar surface area (TPSA) is 72.7 Å². The van der Waals surface area contributed by atoms with Crippen molar-refractivity contribution in [3.05, 3.63) is 71.9 Å². The summed E-state index contributed by atoms with van der Waals surface area (Å²) >= 11 is 0. The number of aromatic nitrogens is 4. The van der Waals surface area contributed by atoms with Gasteiger partial charge in [0.05, 0.1) is 0 Å². The van der Waals surface area contributed by atoms with Crippen LogP contribution in [-0.2, 0) is 6.54 Å². The zero-order valence-electron chi connectivity index (χ0n) is 12.1. The Morgan fingerprint density at radius 1 is 1.18 bits per heavy atom. The Morgan fingerprint density at radius 3 is 2.86 bits per heavy atom. The van der Waals surface area contributed by atoms with Gasteiger partial charge in [0.2, 0.25) is 0 Å². The molecule has 0 spiro atoms. The Kier molecular flexibility index (Phi) is 3.91. The lowest BCUT2D eigenvalue weighted by molar-refractivity contribution is 0.0945. The van der Waals surface area contributed by atoms with Crippen molar-refractivity contribution in [2.24, 2.45) is 0 Å². The third kappa shape index (κ3) is 3.01. The second-order valence-electron chi connectivity index (χ2n) is 4.78. The predicted octanol–water partition coefficient (Wildman–Crippen LogP) is 1.90. The SMILES string of the molecule is Cc1cccc(C(=O)NCc2cccnc2-n2cccn2)n1. The molecule has 3 aromatic rings. The molecule has 0 aromatic carbocycles. The molecule has 110 valence electrons. The molecule has 0 aliphatic rings. The predicted molar refractivity (Wildman–Crippen MR) is 81.5 cm³/mol. The van der Waals surface area contributed by atoms with Crippen LogP contribution in [0.15, 0.2) is 55.0 Å². The molecule has 6 nitrogen and oxygen atoms in total. The van der Waals surface area contributed by atoms with Gasteiger partial charge in [-0.1, -0.05) is 12.1 Å². The molecular weight excluding hydrogens is 278 g/mol. The van der Waals surface area contributed by atoms with E-state index in [1.807, 2.05) is 43.5 Å². The molecule has 0 aliphatic carbocycles. The number of nitrogens with zero attached hydrogens (tertiary/aromatic N) is 4. The Hall–Kier alpha value is -3.02. The fourth-order valence-corrected chi connectivity index (χ4v) is 2.10. The van der Waals surface area contributed by atoms with Crippen molar-refractivity contribution in [2.45, 2.75) is 13.5 Å². The van der Waals surface area contributed by atoms with Crippen molar-refractivity contribution in [2.75, 3.05) is 0 Å². The smallest absolute Gasteiger partial charge is 0.270 e. The van der Waals surface area contributed by atoms with Gasteiger partial charge in [-0.3, -0.25) is 4.79 Å². The molecule has 3 heterocycles. The fourth-order valence-electron chi connectivity index (χ4n) is 2.10. The lowest BCUT2D eigenvalue weighted by atomic mass is 10.2. The molecule has 0 aliphatic heterocycles. The van der Waals surface area contributed by atoms with Crippen LogP contribution >= 0.6 is 0 Å². The van der Waals surface area contributed by atoms with Gasteiger partial charge >= 0.3 is 0 Å². The summed E-state index contributed by atoms with van der Waals surface area (Å²) in [7, 11) is 0. The van der Waals surface area contributed by atoms with Gasteiger partial charge in [-0.2, -0.15) is 5.10 Å². The van der Waals surface area contributed by atoms with E-state index in [1.165, 1.54) is 0 Å². The number of aryl methyl sites for hydroxylation is 1. The quantitative estimate of drug-likeness (QED) is 0.797. The van der Waals surface area contributed by atoms with E-state index < -0.39 is 0 Å². The molecule has 0 unspecified atom stereocenters. The van der Waals surface area contributed by atoms with E-state index >= 15 is 0 Å². The third-order valence-electron chi connectivity index (χ3n) is 3.15. The van der Waals surface area contributed by atoms with Crippen molar-refractivity contribution in [1.82, 2.24) is 25.1 Å². The molecule has 0 fully saturated rings. The Bertz CT molecular complexity index is 783. The van der Waals surface area contributed by atoms with Gasteiger partial charge in [-0.05, 0) is 31.2 Å². The molecule has 0 saturated heterocycles. The van der Waals surface area contributed by atoms with E-state index in [2.05, 4.69) is 20.4 Å². The number of carbonyl (C=O) groups is 1. The van der Waals surface area contributed by atoms with Crippen molar-refractivity contribution >= 4 is 5.91 Å². The molecule has 0 bridgehead atoms. The number of hydrogen-bond acceptors (Lipinski definition) is 4. The van der Waals surface area contributed by atoms with E-state index in [0.29, 0.717) is 18.1 Å². The van der Waals surface area contributed by atoms with Crippen LogP contribution in [-0.4, -0.2) is 25.7 Å². The van der Waals surface area contributed by atoms with Crippen LogP contribution in [0.1, 0.15) is 21.7 Å². The van der Waals surface area contributed by atoms with Crippen molar-refractivity contribution in [3.8, 4) is 5.82 Å². The van der Waals surface area contributed by atoms with Crippen molar-refractivity contribution in [3.63, 3.8) is 0 Å². The van der Waals surface area contributed by atoms with Crippen LogP contribution in [0.4, 0.5) is 0 Å². The first-order valence-electron chi connectivity index (χ1n) is 6.90. The summed E-state index contributed by atoms with van der Waals surface area (Å²) in [5.74, 6) is 0.490. The molecule has 6 heteroatoms. The minimum absolute atomic E-state index is 0.209. The Morgan fingerprint density at radius 2 is 2.09 bits per heavy atom. The summed E-state index contributed by atoms with van der Waals surface area (Å²) in [4.78, 5) is 20.7. The highest BCUT2D eigenvalue weighted by Crippen LogP contribution is 2.10. The zero-order valence-corrected chi connectivity index (χ0v) is 12.1. The minimum atomic E-state index is -0.209. The van der Waals surface area contributed by atoms with E-state index in [9.17, 15) is 4.79 Å². The lowest BCUT2D eigenvalue weighted by Crippen LogP contribution is -2.24. The van der Waals surface area contributed by atoms with E-state index in [-0.39, 0.29) is 5.91 Å². The summed E-state index contributed by atoms with van der Waals surface area (Å²) < 4.78 is 1.67. The second-order valence-corrected chi connectivity index (χ2v) is 4.78. The highest BCUT2D eigenvalue weighted by molar-refractivity contribution is 5.92. The molecule has 0 radical (unpaired) electrons. The minimum Gasteiger partial charge on any atom is -0.346 e. The monoisotopic (exact) mass is 293 g/mol. The standard InChI is InChI=1S/C16H15N5O/c1-12-5-2-7-14(20-12)16(22)18-11-13-6-3-8-17-15(13)21-10-4-9-19-21/h2-10H,11H2,1H3,(H,18,22). The van der Waals surface area contributed by atoms with E-state index in [1.54, 1.807) is 23.1 Å². The molecular formula is C16H15N5O. The molecule has 0 atom stereocenters. The maximum absolute atomic E-state index is 12.2. The van der Waals surface area contributed by atoms with Gasteiger partial charge in [0.25, 0.3) is 5.91 Å². The normalized spacial score (nSPS) is 10.4. The number of carbonyl (C=O) groups excluding carboxylic acids is 1.